The fourth-order valence-electron chi connectivity index (χ4n) is 3.56. The van der Waals surface area contributed by atoms with Crippen molar-refractivity contribution in [1.29, 1.82) is 0 Å². The molecule has 0 amide bonds. The summed E-state index contributed by atoms with van der Waals surface area (Å²) < 4.78 is 35.6. The number of methoxy groups -OCH3 is 1. The van der Waals surface area contributed by atoms with Crippen LogP contribution in [-0.4, -0.2) is 50.9 Å². The molecule has 0 saturated heterocycles. The number of H-pyrrole nitrogens is 1. The van der Waals surface area contributed by atoms with Gasteiger partial charge < -0.3 is 14.8 Å². The number of sulfone groups is 1. The molecule has 33 heavy (non-hydrogen) atoms. The first-order valence-electron chi connectivity index (χ1n) is 10.6. The van der Waals surface area contributed by atoms with E-state index in [0.29, 0.717) is 53.5 Å². The molecule has 8 nitrogen and oxygen atoms in total. The monoisotopic (exact) mass is 471 g/mol. The molecular formula is C24H29N3O5S. The van der Waals surface area contributed by atoms with Crippen LogP contribution in [0.15, 0.2) is 47.4 Å². The van der Waals surface area contributed by atoms with Gasteiger partial charge in [0.05, 0.1) is 22.9 Å². The van der Waals surface area contributed by atoms with Gasteiger partial charge in [-0.25, -0.2) is 13.5 Å². The molecule has 0 saturated carbocycles. The van der Waals surface area contributed by atoms with Crippen molar-refractivity contribution in [3.8, 4) is 5.88 Å². The van der Waals surface area contributed by atoms with Crippen molar-refractivity contribution in [2.45, 2.75) is 31.8 Å². The highest BCUT2D eigenvalue weighted by atomic mass is 32.2. The van der Waals surface area contributed by atoms with Crippen molar-refractivity contribution in [2.75, 3.05) is 31.8 Å². The first-order chi connectivity index (χ1) is 15.8. The minimum absolute atomic E-state index is 0.135. The van der Waals surface area contributed by atoms with Gasteiger partial charge in [0.15, 0.2) is 9.84 Å². The van der Waals surface area contributed by atoms with Crippen LogP contribution in [0.3, 0.4) is 0 Å². The summed E-state index contributed by atoms with van der Waals surface area (Å²) in [5.74, 6) is 0.0113. The number of nitrogens with one attached hydrogen (secondary N) is 2. The number of carbonyl (C=O) groups excluding carboxylic acids is 1. The maximum absolute atomic E-state index is 13.6. The summed E-state index contributed by atoms with van der Waals surface area (Å²) in [7, 11) is -1.94. The zero-order valence-electron chi connectivity index (χ0n) is 19.3. The van der Waals surface area contributed by atoms with Crippen LogP contribution in [0.2, 0.25) is 0 Å². The van der Waals surface area contributed by atoms with E-state index in [-0.39, 0.29) is 17.3 Å². The maximum atomic E-state index is 13.6. The van der Waals surface area contributed by atoms with Crippen LogP contribution in [0, 0.1) is 6.92 Å². The smallest absolute Gasteiger partial charge is 0.221 e. The number of aromatic nitrogens is 2. The molecule has 0 radical (unpaired) electrons. The van der Waals surface area contributed by atoms with Crippen LogP contribution in [0.25, 0.3) is 0 Å². The van der Waals surface area contributed by atoms with Gasteiger partial charge >= 0.3 is 0 Å². The number of nitrogens with zero attached hydrogens (tertiary/aromatic N) is 1. The molecule has 176 valence electrons. The van der Waals surface area contributed by atoms with Gasteiger partial charge in [-0.2, -0.15) is 5.10 Å². The predicted octanol–water partition coefficient (Wildman–Crippen LogP) is 3.55. The van der Waals surface area contributed by atoms with Gasteiger partial charge in [-0.3, -0.25) is 4.79 Å². The van der Waals surface area contributed by atoms with Gasteiger partial charge in [0.25, 0.3) is 0 Å². The Bertz CT molecular complexity index is 1220. The van der Waals surface area contributed by atoms with Crippen LogP contribution in [0.4, 0.5) is 5.69 Å². The van der Waals surface area contributed by atoms with E-state index in [2.05, 4.69) is 15.5 Å². The average Bonchev–Trinajstić information content (AvgIpc) is 3.21. The summed E-state index contributed by atoms with van der Waals surface area (Å²) in [6.45, 7) is 4.70. The van der Waals surface area contributed by atoms with Crippen molar-refractivity contribution in [1.82, 2.24) is 10.2 Å². The van der Waals surface area contributed by atoms with Gasteiger partial charge in [0.1, 0.15) is 12.2 Å². The SMILES string of the molecule is CCc1n[nH]c(OCc2ccccc2)c1C(=O)c1ccc(S(C)(=O)=O)c(NCCOC)c1C. The molecule has 0 aliphatic heterocycles. The van der Waals surface area contributed by atoms with Crippen LogP contribution < -0.4 is 10.1 Å². The molecule has 0 bridgehead atoms. The molecule has 1 aromatic heterocycles. The van der Waals surface area contributed by atoms with Crippen molar-refractivity contribution in [2.24, 2.45) is 0 Å². The summed E-state index contributed by atoms with van der Waals surface area (Å²) in [6.07, 6.45) is 1.68. The van der Waals surface area contributed by atoms with Gasteiger partial charge in [-0.1, -0.05) is 37.3 Å². The molecule has 3 rings (SSSR count). The molecule has 2 aromatic carbocycles. The Morgan fingerprint density at radius 3 is 2.52 bits per heavy atom. The Kier molecular flexibility index (Phi) is 7.88. The molecule has 1 heterocycles. The molecule has 0 atom stereocenters. The molecule has 9 heteroatoms. The number of aryl methyl sites for hydroxylation is 1. The fourth-order valence-corrected chi connectivity index (χ4v) is 4.47. The highest BCUT2D eigenvalue weighted by Gasteiger charge is 2.26. The summed E-state index contributed by atoms with van der Waals surface area (Å²) in [5, 5.41) is 10.2. The molecule has 0 spiro atoms. The van der Waals surface area contributed by atoms with E-state index in [9.17, 15) is 13.2 Å². The number of ketones is 1. The van der Waals surface area contributed by atoms with E-state index in [1.165, 1.54) is 6.07 Å². The van der Waals surface area contributed by atoms with Crippen LogP contribution in [0.5, 0.6) is 5.88 Å². The normalized spacial score (nSPS) is 11.4. The van der Waals surface area contributed by atoms with Gasteiger partial charge in [-0.15, -0.1) is 0 Å². The number of ether oxygens (including phenoxy) is 2. The Labute approximate surface area is 194 Å². The zero-order valence-corrected chi connectivity index (χ0v) is 20.1. The summed E-state index contributed by atoms with van der Waals surface area (Å²) >= 11 is 0. The van der Waals surface area contributed by atoms with Crippen molar-refractivity contribution in [3.63, 3.8) is 0 Å². The lowest BCUT2D eigenvalue weighted by Crippen LogP contribution is -2.15. The standard InChI is InChI=1S/C24H29N3O5S/c1-5-19-21(24(27-26-19)32-15-17-9-7-6-8-10-17)23(28)18-11-12-20(33(4,29)30)22(16(18)2)25-13-14-31-3/h6-12,25H,5,13-15H2,1-4H3,(H,26,27). The maximum Gasteiger partial charge on any atom is 0.221 e. The summed E-state index contributed by atoms with van der Waals surface area (Å²) in [6, 6.07) is 12.6. The second kappa shape index (κ2) is 10.6. The third-order valence-corrected chi connectivity index (χ3v) is 6.41. The van der Waals surface area contributed by atoms with E-state index in [1.54, 1.807) is 20.1 Å². The van der Waals surface area contributed by atoms with Crippen LogP contribution >= 0.6 is 0 Å². The number of hydrogen-bond acceptors (Lipinski definition) is 7. The molecular weight excluding hydrogens is 442 g/mol. The predicted molar refractivity (Wildman–Crippen MR) is 127 cm³/mol. The first kappa shape index (κ1) is 24.5. The average molecular weight is 472 g/mol. The second-order valence-corrected chi connectivity index (χ2v) is 9.62. The zero-order chi connectivity index (χ0) is 24.0. The van der Waals surface area contributed by atoms with E-state index in [0.717, 1.165) is 11.8 Å². The van der Waals surface area contributed by atoms with Gasteiger partial charge in [0.2, 0.25) is 11.7 Å². The van der Waals surface area contributed by atoms with E-state index >= 15 is 0 Å². The topological polar surface area (TPSA) is 110 Å². The molecule has 2 N–H and O–H groups in total. The lowest BCUT2D eigenvalue weighted by Gasteiger charge is -2.17. The second-order valence-electron chi connectivity index (χ2n) is 7.63. The number of benzene rings is 2. The van der Waals surface area contributed by atoms with E-state index in [1.807, 2.05) is 37.3 Å². The van der Waals surface area contributed by atoms with Crippen LogP contribution in [-0.2, 0) is 27.6 Å². The van der Waals surface area contributed by atoms with Crippen molar-refractivity contribution < 1.29 is 22.7 Å². The van der Waals surface area contributed by atoms with E-state index in [4.69, 9.17) is 9.47 Å². The molecule has 0 fully saturated rings. The number of carbonyl (C=O) groups is 1. The Balaban J connectivity index is 2.00. The first-order valence-corrected chi connectivity index (χ1v) is 12.5. The molecule has 3 aromatic rings. The highest BCUT2D eigenvalue weighted by Crippen LogP contribution is 2.32. The Morgan fingerprint density at radius 1 is 1.15 bits per heavy atom. The lowest BCUT2D eigenvalue weighted by atomic mass is 9.97. The Hall–Kier alpha value is -3.17. The molecule has 0 aliphatic carbocycles. The minimum Gasteiger partial charge on any atom is -0.473 e. The van der Waals surface area contributed by atoms with Crippen molar-refractivity contribution >= 4 is 21.3 Å². The quantitative estimate of drug-likeness (QED) is 0.325. The summed E-state index contributed by atoms with van der Waals surface area (Å²) in [5.41, 5.74) is 3.21. The minimum atomic E-state index is -3.51. The third kappa shape index (κ3) is 5.61. The van der Waals surface area contributed by atoms with E-state index < -0.39 is 9.84 Å². The number of aromatic amines is 1. The largest absolute Gasteiger partial charge is 0.473 e. The summed E-state index contributed by atoms with van der Waals surface area (Å²) in [4.78, 5) is 13.8. The number of anilines is 1. The van der Waals surface area contributed by atoms with Gasteiger partial charge in [-0.05, 0) is 36.6 Å². The third-order valence-electron chi connectivity index (χ3n) is 5.27. The Morgan fingerprint density at radius 2 is 1.88 bits per heavy atom. The van der Waals surface area contributed by atoms with Crippen LogP contribution in [0.1, 0.15) is 39.7 Å². The lowest BCUT2D eigenvalue weighted by molar-refractivity contribution is 0.103. The van der Waals surface area contributed by atoms with Gasteiger partial charge in [0, 0.05) is 25.5 Å². The number of rotatable bonds is 11. The number of hydrogen-bond donors (Lipinski definition) is 2. The highest BCUT2D eigenvalue weighted by molar-refractivity contribution is 7.90. The molecule has 0 unspecified atom stereocenters. The fraction of sp³-hybridized carbons (Fsp3) is 0.333. The molecule has 0 aliphatic rings. The van der Waals surface area contributed by atoms with Crippen molar-refractivity contribution in [3.05, 3.63) is 70.4 Å².